The standard InChI is InChI=1S/C27H25ClN2O5/c1-17-3-10-24(13-18(17)2)35-23-11-8-22(9-12-23)30-15-19(14-26(30)32)27(33)34-16-25(31)29-21-6-4-20(28)5-7-21/h3-13,19H,14-16H2,1-2H3,(H,29,31)/t19-/m0/s1. The van der Waals surface area contributed by atoms with Gasteiger partial charge in [-0.05, 0) is 85.6 Å². The Morgan fingerprint density at radius 2 is 1.66 bits per heavy atom. The second-order valence-electron chi connectivity index (χ2n) is 8.41. The van der Waals surface area contributed by atoms with Crippen LogP contribution in [0, 0.1) is 19.8 Å². The molecule has 1 atom stereocenters. The molecular formula is C27H25ClN2O5. The van der Waals surface area contributed by atoms with E-state index in [9.17, 15) is 14.4 Å². The number of ether oxygens (including phenoxy) is 2. The average Bonchev–Trinajstić information content (AvgIpc) is 3.23. The van der Waals surface area contributed by atoms with Crippen molar-refractivity contribution in [2.75, 3.05) is 23.4 Å². The summed E-state index contributed by atoms with van der Waals surface area (Å²) in [6.45, 7) is 3.82. The van der Waals surface area contributed by atoms with Gasteiger partial charge in [-0.1, -0.05) is 17.7 Å². The monoisotopic (exact) mass is 492 g/mol. The first-order valence-electron chi connectivity index (χ1n) is 11.2. The number of benzene rings is 3. The van der Waals surface area contributed by atoms with Crippen molar-refractivity contribution in [2.45, 2.75) is 20.3 Å². The van der Waals surface area contributed by atoms with Gasteiger partial charge in [0.05, 0.1) is 5.92 Å². The highest BCUT2D eigenvalue weighted by atomic mass is 35.5. The Bertz CT molecular complexity index is 1240. The number of esters is 1. The molecular weight excluding hydrogens is 468 g/mol. The number of amides is 2. The molecule has 1 heterocycles. The van der Waals surface area contributed by atoms with Crippen molar-refractivity contribution in [2.24, 2.45) is 5.92 Å². The van der Waals surface area contributed by atoms with Gasteiger partial charge in [0.15, 0.2) is 6.61 Å². The van der Waals surface area contributed by atoms with Gasteiger partial charge in [-0.25, -0.2) is 0 Å². The molecule has 3 aromatic rings. The number of nitrogens with one attached hydrogen (secondary N) is 1. The summed E-state index contributed by atoms with van der Waals surface area (Å²) in [6.07, 6.45) is 0.0263. The van der Waals surface area contributed by atoms with Gasteiger partial charge in [-0.2, -0.15) is 0 Å². The summed E-state index contributed by atoms with van der Waals surface area (Å²) in [7, 11) is 0. The maximum absolute atomic E-state index is 12.5. The zero-order valence-electron chi connectivity index (χ0n) is 19.4. The second-order valence-corrected chi connectivity index (χ2v) is 8.85. The third-order valence-electron chi connectivity index (χ3n) is 5.79. The summed E-state index contributed by atoms with van der Waals surface area (Å²) < 4.78 is 11.0. The first kappa shape index (κ1) is 24.3. The molecule has 1 saturated heterocycles. The fourth-order valence-electron chi connectivity index (χ4n) is 3.71. The molecule has 0 aromatic heterocycles. The van der Waals surface area contributed by atoms with E-state index in [2.05, 4.69) is 5.32 Å². The van der Waals surface area contributed by atoms with Crippen molar-refractivity contribution in [1.82, 2.24) is 0 Å². The Morgan fingerprint density at radius 3 is 2.34 bits per heavy atom. The highest BCUT2D eigenvalue weighted by Crippen LogP contribution is 2.29. The van der Waals surface area contributed by atoms with Crippen LogP contribution in [0.2, 0.25) is 5.02 Å². The van der Waals surface area contributed by atoms with Gasteiger partial charge in [0.25, 0.3) is 5.91 Å². The smallest absolute Gasteiger partial charge is 0.311 e. The largest absolute Gasteiger partial charge is 0.457 e. The molecule has 7 nitrogen and oxygen atoms in total. The van der Waals surface area contributed by atoms with Crippen molar-refractivity contribution in [3.8, 4) is 11.5 Å². The summed E-state index contributed by atoms with van der Waals surface area (Å²) in [4.78, 5) is 38.6. The Hall–Kier alpha value is -3.84. The first-order chi connectivity index (χ1) is 16.8. The van der Waals surface area contributed by atoms with E-state index < -0.39 is 24.4 Å². The minimum atomic E-state index is -0.641. The normalized spacial score (nSPS) is 15.1. The first-order valence-corrected chi connectivity index (χ1v) is 11.5. The van der Waals surface area contributed by atoms with Gasteiger partial charge >= 0.3 is 5.97 Å². The summed E-state index contributed by atoms with van der Waals surface area (Å²) in [6, 6.07) is 19.6. The quantitative estimate of drug-likeness (QED) is 0.453. The number of carbonyl (C=O) groups excluding carboxylic acids is 3. The van der Waals surface area contributed by atoms with Crippen LogP contribution in [0.25, 0.3) is 0 Å². The van der Waals surface area contributed by atoms with Crippen LogP contribution in [0.15, 0.2) is 66.7 Å². The number of halogens is 1. The number of nitrogens with zero attached hydrogens (tertiary/aromatic N) is 1. The van der Waals surface area contributed by atoms with Crippen LogP contribution in [-0.4, -0.2) is 30.9 Å². The van der Waals surface area contributed by atoms with E-state index >= 15 is 0 Å². The van der Waals surface area contributed by atoms with Crippen LogP contribution >= 0.6 is 11.6 Å². The molecule has 1 fully saturated rings. The fraction of sp³-hybridized carbons (Fsp3) is 0.222. The molecule has 0 aliphatic carbocycles. The van der Waals surface area contributed by atoms with Crippen LogP contribution < -0.4 is 15.0 Å². The number of rotatable bonds is 7. The Balaban J connectivity index is 1.29. The van der Waals surface area contributed by atoms with Crippen molar-refractivity contribution in [1.29, 1.82) is 0 Å². The second kappa shape index (κ2) is 10.6. The van der Waals surface area contributed by atoms with Crippen molar-refractivity contribution < 1.29 is 23.9 Å². The van der Waals surface area contributed by atoms with Crippen LogP contribution in [0.5, 0.6) is 11.5 Å². The number of hydrogen-bond donors (Lipinski definition) is 1. The third-order valence-corrected chi connectivity index (χ3v) is 6.05. The van der Waals surface area contributed by atoms with Gasteiger partial charge < -0.3 is 19.7 Å². The SMILES string of the molecule is Cc1ccc(Oc2ccc(N3C[C@@H](C(=O)OCC(=O)Nc4ccc(Cl)cc4)CC3=O)cc2)cc1C. The molecule has 8 heteroatoms. The molecule has 3 aromatic carbocycles. The van der Waals surface area contributed by atoms with E-state index in [0.717, 1.165) is 11.3 Å². The Morgan fingerprint density at radius 1 is 0.971 bits per heavy atom. The highest BCUT2D eigenvalue weighted by molar-refractivity contribution is 6.30. The zero-order chi connectivity index (χ0) is 24.9. The highest BCUT2D eigenvalue weighted by Gasteiger charge is 2.36. The van der Waals surface area contributed by atoms with Crippen LogP contribution in [-0.2, 0) is 19.1 Å². The summed E-state index contributed by atoms with van der Waals surface area (Å²) >= 11 is 5.82. The molecule has 0 unspecified atom stereocenters. The average molecular weight is 493 g/mol. The van der Waals surface area contributed by atoms with Gasteiger partial charge in [0.2, 0.25) is 5.91 Å². The molecule has 4 rings (SSSR count). The Labute approximate surface area is 208 Å². The topological polar surface area (TPSA) is 84.9 Å². The minimum absolute atomic E-state index is 0.0263. The molecule has 1 aliphatic rings. The lowest BCUT2D eigenvalue weighted by molar-refractivity contribution is -0.151. The number of hydrogen-bond acceptors (Lipinski definition) is 5. The van der Waals surface area contributed by atoms with E-state index in [-0.39, 0.29) is 18.9 Å². The van der Waals surface area contributed by atoms with E-state index in [1.165, 1.54) is 5.56 Å². The van der Waals surface area contributed by atoms with Crippen molar-refractivity contribution in [3.63, 3.8) is 0 Å². The molecule has 0 bridgehead atoms. The van der Waals surface area contributed by atoms with Gasteiger partial charge in [0, 0.05) is 29.4 Å². The molecule has 1 N–H and O–H groups in total. The van der Waals surface area contributed by atoms with Gasteiger partial charge in [-0.3, -0.25) is 14.4 Å². The maximum Gasteiger partial charge on any atom is 0.311 e. The van der Waals surface area contributed by atoms with Crippen LogP contribution in [0.4, 0.5) is 11.4 Å². The number of aryl methyl sites for hydroxylation is 2. The molecule has 1 aliphatic heterocycles. The molecule has 2 amide bonds. The number of carbonyl (C=O) groups is 3. The summed E-state index contributed by atoms with van der Waals surface area (Å²) in [5.41, 5.74) is 3.54. The lowest BCUT2D eigenvalue weighted by Crippen LogP contribution is -2.28. The molecule has 35 heavy (non-hydrogen) atoms. The van der Waals surface area contributed by atoms with Crippen molar-refractivity contribution >= 4 is 40.8 Å². The van der Waals surface area contributed by atoms with Gasteiger partial charge in [-0.15, -0.1) is 0 Å². The minimum Gasteiger partial charge on any atom is -0.457 e. The molecule has 180 valence electrons. The number of anilines is 2. The van der Waals surface area contributed by atoms with Crippen LogP contribution in [0.3, 0.4) is 0 Å². The van der Waals surface area contributed by atoms with E-state index in [4.69, 9.17) is 21.1 Å². The Kier molecular flexibility index (Phi) is 7.36. The lowest BCUT2D eigenvalue weighted by Gasteiger charge is -2.17. The summed E-state index contributed by atoms with van der Waals surface area (Å²) in [5.74, 6) is -0.493. The van der Waals surface area contributed by atoms with Crippen LogP contribution in [0.1, 0.15) is 17.5 Å². The fourth-order valence-corrected chi connectivity index (χ4v) is 3.83. The van der Waals surface area contributed by atoms with E-state index in [1.807, 2.05) is 32.0 Å². The van der Waals surface area contributed by atoms with E-state index in [1.54, 1.807) is 53.4 Å². The third kappa shape index (κ3) is 6.19. The van der Waals surface area contributed by atoms with E-state index in [0.29, 0.717) is 22.1 Å². The molecule has 0 saturated carbocycles. The zero-order valence-corrected chi connectivity index (χ0v) is 20.2. The lowest BCUT2D eigenvalue weighted by atomic mass is 10.1. The molecule has 0 spiro atoms. The van der Waals surface area contributed by atoms with Crippen molar-refractivity contribution in [3.05, 3.63) is 82.9 Å². The predicted molar refractivity (Wildman–Crippen MR) is 134 cm³/mol. The molecule has 0 radical (unpaired) electrons. The van der Waals surface area contributed by atoms with Gasteiger partial charge in [0.1, 0.15) is 11.5 Å². The predicted octanol–water partition coefficient (Wildman–Crippen LogP) is 5.28. The maximum atomic E-state index is 12.5. The summed E-state index contributed by atoms with van der Waals surface area (Å²) in [5, 5.41) is 3.17.